The van der Waals surface area contributed by atoms with E-state index in [9.17, 15) is 0 Å². The van der Waals surface area contributed by atoms with Crippen LogP contribution in [0.5, 0.6) is 0 Å². The SMILES string of the molecule is CCCCCCCC/C=C1/CC(CCCCCCCC)OC1(C)C. The molecular formula is C23H44O. The molecule has 0 bridgehead atoms. The van der Waals surface area contributed by atoms with Crippen LogP contribution in [0.15, 0.2) is 11.6 Å². The number of rotatable bonds is 14. The lowest BCUT2D eigenvalue weighted by atomic mass is 9.94. The molecule has 0 radical (unpaired) electrons. The summed E-state index contributed by atoms with van der Waals surface area (Å²) in [6.07, 6.45) is 23.3. The van der Waals surface area contributed by atoms with Crippen LogP contribution in [0.4, 0.5) is 0 Å². The molecule has 0 amide bonds. The van der Waals surface area contributed by atoms with Gasteiger partial charge in [0.05, 0.1) is 11.7 Å². The fourth-order valence-corrected chi connectivity index (χ4v) is 3.87. The number of hydrogen-bond acceptors (Lipinski definition) is 1. The molecule has 0 spiro atoms. The van der Waals surface area contributed by atoms with Gasteiger partial charge in [0, 0.05) is 0 Å². The molecule has 1 aliphatic rings. The van der Waals surface area contributed by atoms with E-state index in [1.807, 2.05) is 0 Å². The highest BCUT2D eigenvalue weighted by Gasteiger charge is 2.35. The minimum absolute atomic E-state index is 0.0188. The van der Waals surface area contributed by atoms with Crippen molar-refractivity contribution in [1.29, 1.82) is 0 Å². The van der Waals surface area contributed by atoms with Gasteiger partial charge >= 0.3 is 0 Å². The molecular weight excluding hydrogens is 292 g/mol. The van der Waals surface area contributed by atoms with Crippen LogP contribution in [0.3, 0.4) is 0 Å². The highest BCUT2D eigenvalue weighted by atomic mass is 16.5. The largest absolute Gasteiger partial charge is 0.368 e. The number of hydrogen-bond donors (Lipinski definition) is 0. The highest BCUT2D eigenvalue weighted by Crippen LogP contribution is 2.37. The van der Waals surface area contributed by atoms with E-state index in [0.717, 1.165) is 0 Å². The van der Waals surface area contributed by atoms with Crippen molar-refractivity contribution in [3.63, 3.8) is 0 Å². The van der Waals surface area contributed by atoms with Crippen molar-refractivity contribution in [1.82, 2.24) is 0 Å². The highest BCUT2D eigenvalue weighted by molar-refractivity contribution is 5.19. The Morgan fingerprint density at radius 3 is 2.00 bits per heavy atom. The van der Waals surface area contributed by atoms with Crippen LogP contribution in [-0.2, 0) is 4.74 Å². The van der Waals surface area contributed by atoms with Crippen molar-refractivity contribution >= 4 is 0 Å². The Bertz CT molecular complexity index is 329. The van der Waals surface area contributed by atoms with Crippen LogP contribution in [0.25, 0.3) is 0 Å². The zero-order valence-electron chi connectivity index (χ0n) is 17.2. The van der Waals surface area contributed by atoms with Gasteiger partial charge < -0.3 is 4.74 Å². The maximum absolute atomic E-state index is 6.33. The molecule has 1 atom stereocenters. The van der Waals surface area contributed by atoms with Crippen molar-refractivity contribution < 1.29 is 4.74 Å². The zero-order chi connectivity index (χ0) is 17.7. The predicted molar refractivity (Wildman–Crippen MR) is 108 cm³/mol. The summed E-state index contributed by atoms with van der Waals surface area (Å²) in [4.78, 5) is 0. The Hall–Kier alpha value is -0.300. The van der Waals surface area contributed by atoms with Crippen molar-refractivity contribution in [2.75, 3.05) is 0 Å². The maximum Gasteiger partial charge on any atom is 0.0840 e. The average molecular weight is 337 g/mol. The monoisotopic (exact) mass is 336 g/mol. The van der Waals surface area contributed by atoms with Gasteiger partial charge in [0.1, 0.15) is 0 Å². The summed E-state index contributed by atoms with van der Waals surface area (Å²) >= 11 is 0. The molecule has 1 nitrogen and oxygen atoms in total. The summed E-state index contributed by atoms with van der Waals surface area (Å²) in [6.45, 7) is 9.10. The lowest BCUT2D eigenvalue weighted by Gasteiger charge is -2.21. The number of allylic oxidation sites excluding steroid dienone is 1. The summed E-state index contributed by atoms with van der Waals surface area (Å²) in [7, 11) is 0. The Labute approximate surface area is 152 Å². The number of unbranched alkanes of at least 4 members (excludes halogenated alkanes) is 11. The molecule has 1 saturated heterocycles. The first-order valence-corrected chi connectivity index (χ1v) is 11.0. The summed E-state index contributed by atoms with van der Waals surface area (Å²) < 4.78 is 6.33. The molecule has 0 aromatic carbocycles. The molecule has 1 unspecified atom stereocenters. The van der Waals surface area contributed by atoms with Crippen LogP contribution in [0.1, 0.15) is 124 Å². The molecule has 0 aromatic heterocycles. The minimum atomic E-state index is -0.0188. The van der Waals surface area contributed by atoms with E-state index in [-0.39, 0.29) is 5.60 Å². The van der Waals surface area contributed by atoms with Gasteiger partial charge in [-0.3, -0.25) is 0 Å². The molecule has 0 N–H and O–H groups in total. The van der Waals surface area contributed by atoms with Gasteiger partial charge in [0.2, 0.25) is 0 Å². The Kier molecular flexibility index (Phi) is 11.8. The number of ether oxygens (including phenoxy) is 1. The van der Waals surface area contributed by atoms with E-state index < -0.39 is 0 Å². The minimum Gasteiger partial charge on any atom is -0.368 e. The lowest BCUT2D eigenvalue weighted by Crippen LogP contribution is -2.21. The van der Waals surface area contributed by atoms with E-state index in [0.29, 0.717) is 6.10 Å². The third kappa shape index (κ3) is 9.25. The van der Waals surface area contributed by atoms with E-state index in [2.05, 4.69) is 33.8 Å². The van der Waals surface area contributed by atoms with Gasteiger partial charge in [0.25, 0.3) is 0 Å². The smallest absolute Gasteiger partial charge is 0.0840 e. The van der Waals surface area contributed by atoms with Crippen LogP contribution in [0.2, 0.25) is 0 Å². The van der Waals surface area contributed by atoms with Crippen LogP contribution in [-0.4, -0.2) is 11.7 Å². The molecule has 1 fully saturated rings. The molecule has 142 valence electrons. The van der Waals surface area contributed by atoms with E-state index >= 15 is 0 Å². The standard InChI is InChI=1S/C23H44O/c1-5-7-9-11-13-14-16-18-21-20-22(24-23(21,3)4)19-17-15-12-10-8-6-2/h18,22H,5-17,19-20H2,1-4H3/b21-18-. The average Bonchev–Trinajstić information content (AvgIpc) is 2.84. The fourth-order valence-electron chi connectivity index (χ4n) is 3.87. The van der Waals surface area contributed by atoms with E-state index in [4.69, 9.17) is 4.74 Å². The topological polar surface area (TPSA) is 9.23 Å². The van der Waals surface area contributed by atoms with Crippen LogP contribution < -0.4 is 0 Å². The predicted octanol–water partition coefficient (Wildman–Crippen LogP) is 7.98. The second-order valence-corrected chi connectivity index (χ2v) is 8.30. The van der Waals surface area contributed by atoms with Crippen LogP contribution >= 0.6 is 0 Å². The Morgan fingerprint density at radius 2 is 1.38 bits per heavy atom. The van der Waals surface area contributed by atoms with E-state index in [1.165, 1.54) is 96.3 Å². The Balaban J connectivity index is 2.17. The lowest BCUT2D eigenvalue weighted by molar-refractivity contribution is -0.00786. The van der Waals surface area contributed by atoms with Crippen LogP contribution in [0, 0.1) is 0 Å². The van der Waals surface area contributed by atoms with Gasteiger partial charge in [0.15, 0.2) is 0 Å². The summed E-state index contributed by atoms with van der Waals surface area (Å²) in [5.74, 6) is 0. The second kappa shape index (κ2) is 13.0. The molecule has 1 heterocycles. The molecule has 0 aromatic rings. The molecule has 1 aliphatic heterocycles. The first-order chi connectivity index (χ1) is 11.6. The van der Waals surface area contributed by atoms with Crippen molar-refractivity contribution in [2.24, 2.45) is 0 Å². The van der Waals surface area contributed by atoms with Gasteiger partial charge in [-0.05, 0) is 45.1 Å². The zero-order valence-corrected chi connectivity index (χ0v) is 17.2. The molecule has 24 heavy (non-hydrogen) atoms. The fraction of sp³-hybridized carbons (Fsp3) is 0.913. The molecule has 1 heteroatoms. The van der Waals surface area contributed by atoms with Gasteiger partial charge in [-0.2, -0.15) is 0 Å². The summed E-state index contributed by atoms with van der Waals surface area (Å²) in [5.41, 5.74) is 1.54. The molecule has 0 aliphatic carbocycles. The molecule has 1 rings (SSSR count). The first-order valence-electron chi connectivity index (χ1n) is 11.0. The van der Waals surface area contributed by atoms with Crippen molar-refractivity contribution in [3.8, 4) is 0 Å². The van der Waals surface area contributed by atoms with Crippen molar-refractivity contribution in [2.45, 2.75) is 136 Å². The van der Waals surface area contributed by atoms with E-state index in [1.54, 1.807) is 5.57 Å². The van der Waals surface area contributed by atoms with Gasteiger partial charge in [-0.25, -0.2) is 0 Å². The third-order valence-electron chi connectivity index (χ3n) is 5.51. The van der Waals surface area contributed by atoms with Gasteiger partial charge in [-0.1, -0.05) is 90.6 Å². The third-order valence-corrected chi connectivity index (χ3v) is 5.51. The normalized spacial score (nSPS) is 21.7. The Morgan fingerprint density at radius 1 is 0.833 bits per heavy atom. The van der Waals surface area contributed by atoms with Crippen molar-refractivity contribution in [3.05, 3.63) is 11.6 Å². The summed E-state index contributed by atoms with van der Waals surface area (Å²) in [6, 6.07) is 0. The quantitative estimate of drug-likeness (QED) is 0.231. The summed E-state index contributed by atoms with van der Waals surface area (Å²) in [5, 5.41) is 0. The first kappa shape index (κ1) is 21.7. The maximum atomic E-state index is 6.33. The second-order valence-electron chi connectivity index (χ2n) is 8.30. The molecule has 0 saturated carbocycles. The van der Waals surface area contributed by atoms with Gasteiger partial charge in [-0.15, -0.1) is 0 Å².